The van der Waals surface area contributed by atoms with Crippen LogP contribution in [-0.4, -0.2) is 33.3 Å². The van der Waals surface area contributed by atoms with Crippen molar-refractivity contribution in [3.8, 4) is 5.75 Å². The first-order valence-corrected chi connectivity index (χ1v) is 7.70. The van der Waals surface area contributed by atoms with E-state index in [1.54, 1.807) is 44.6 Å². The van der Waals surface area contributed by atoms with Crippen LogP contribution >= 0.6 is 11.6 Å². The molecule has 1 amide bonds. The highest BCUT2D eigenvalue weighted by atomic mass is 35.5. The SMILES string of the molecule is COCCNC(=O)c1ccc(Nc2ccc(OC)c(Cl)c2)c(N)c1. The summed E-state index contributed by atoms with van der Waals surface area (Å²) in [5, 5.41) is 6.41. The van der Waals surface area contributed by atoms with Crippen molar-refractivity contribution in [2.45, 2.75) is 0 Å². The van der Waals surface area contributed by atoms with Crippen molar-refractivity contribution in [1.29, 1.82) is 0 Å². The molecule has 128 valence electrons. The number of halogens is 1. The standard InChI is InChI=1S/C17H20ClN3O3/c1-23-8-7-20-17(22)11-3-5-15(14(19)9-11)21-12-4-6-16(24-2)13(18)10-12/h3-6,9-10,21H,7-8,19H2,1-2H3,(H,20,22). The third kappa shape index (κ3) is 4.53. The first-order valence-electron chi connectivity index (χ1n) is 7.32. The third-order valence-corrected chi connectivity index (χ3v) is 3.63. The summed E-state index contributed by atoms with van der Waals surface area (Å²) in [6.45, 7) is 0.901. The van der Waals surface area contributed by atoms with Gasteiger partial charge in [0.15, 0.2) is 0 Å². The van der Waals surface area contributed by atoms with Gasteiger partial charge in [-0.25, -0.2) is 0 Å². The molecule has 0 radical (unpaired) electrons. The zero-order valence-electron chi connectivity index (χ0n) is 13.6. The van der Waals surface area contributed by atoms with Crippen LogP contribution in [0.15, 0.2) is 36.4 Å². The lowest BCUT2D eigenvalue weighted by Crippen LogP contribution is -2.27. The monoisotopic (exact) mass is 349 g/mol. The van der Waals surface area contributed by atoms with E-state index in [0.29, 0.717) is 40.9 Å². The van der Waals surface area contributed by atoms with E-state index in [0.717, 1.165) is 5.69 Å². The number of anilines is 3. The molecule has 2 aromatic carbocycles. The minimum Gasteiger partial charge on any atom is -0.495 e. The molecule has 0 spiro atoms. The van der Waals surface area contributed by atoms with E-state index in [2.05, 4.69) is 10.6 Å². The number of rotatable bonds is 7. The average molecular weight is 350 g/mol. The molecule has 6 nitrogen and oxygen atoms in total. The fourth-order valence-electron chi connectivity index (χ4n) is 2.09. The number of nitrogens with one attached hydrogen (secondary N) is 2. The third-order valence-electron chi connectivity index (χ3n) is 3.34. The molecule has 4 N–H and O–H groups in total. The summed E-state index contributed by atoms with van der Waals surface area (Å²) in [6, 6.07) is 10.4. The molecule has 0 bridgehead atoms. The zero-order chi connectivity index (χ0) is 17.5. The summed E-state index contributed by atoms with van der Waals surface area (Å²) >= 11 is 6.10. The Morgan fingerprint density at radius 2 is 2.00 bits per heavy atom. The summed E-state index contributed by atoms with van der Waals surface area (Å²) in [5.74, 6) is 0.399. The van der Waals surface area contributed by atoms with Crippen LogP contribution in [0.2, 0.25) is 5.02 Å². The van der Waals surface area contributed by atoms with E-state index in [1.807, 2.05) is 6.07 Å². The molecule has 0 aliphatic heterocycles. The van der Waals surface area contributed by atoms with Gasteiger partial charge >= 0.3 is 0 Å². The Morgan fingerprint density at radius 3 is 2.62 bits per heavy atom. The van der Waals surface area contributed by atoms with Gasteiger partial charge in [-0.1, -0.05) is 11.6 Å². The first-order chi connectivity index (χ1) is 11.5. The molecule has 0 aliphatic rings. The summed E-state index contributed by atoms with van der Waals surface area (Å²) in [7, 11) is 3.14. The van der Waals surface area contributed by atoms with Crippen molar-refractivity contribution in [3.05, 3.63) is 47.0 Å². The molecule has 0 aliphatic carbocycles. The van der Waals surface area contributed by atoms with E-state index in [9.17, 15) is 4.79 Å². The number of carbonyl (C=O) groups is 1. The fraction of sp³-hybridized carbons (Fsp3) is 0.235. The van der Waals surface area contributed by atoms with Crippen molar-refractivity contribution >= 4 is 34.6 Å². The molecule has 24 heavy (non-hydrogen) atoms. The number of nitrogens with two attached hydrogens (primary N) is 1. The number of nitrogen functional groups attached to an aromatic ring is 1. The van der Waals surface area contributed by atoms with E-state index in [1.165, 1.54) is 0 Å². The molecule has 0 atom stereocenters. The molecule has 0 unspecified atom stereocenters. The van der Waals surface area contributed by atoms with Crippen LogP contribution in [0.1, 0.15) is 10.4 Å². The topological polar surface area (TPSA) is 85.6 Å². The molecular formula is C17H20ClN3O3. The van der Waals surface area contributed by atoms with E-state index in [4.69, 9.17) is 26.8 Å². The van der Waals surface area contributed by atoms with Crippen LogP contribution in [0, 0.1) is 0 Å². The maximum atomic E-state index is 12.0. The highest BCUT2D eigenvalue weighted by molar-refractivity contribution is 6.32. The predicted molar refractivity (Wildman–Crippen MR) is 96.4 cm³/mol. The molecular weight excluding hydrogens is 330 g/mol. The largest absolute Gasteiger partial charge is 0.495 e. The van der Waals surface area contributed by atoms with E-state index in [-0.39, 0.29) is 5.91 Å². The number of hydrogen-bond acceptors (Lipinski definition) is 5. The Labute approximate surface area is 145 Å². The van der Waals surface area contributed by atoms with E-state index >= 15 is 0 Å². The Hall–Kier alpha value is -2.44. The smallest absolute Gasteiger partial charge is 0.251 e. The maximum Gasteiger partial charge on any atom is 0.251 e. The summed E-state index contributed by atoms with van der Waals surface area (Å²) in [4.78, 5) is 12.0. The second kappa shape index (κ2) is 8.42. The number of methoxy groups -OCH3 is 2. The predicted octanol–water partition coefficient (Wildman–Crippen LogP) is 3.05. The second-order valence-electron chi connectivity index (χ2n) is 5.03. The number of hydrogen-bond donors (Lipinski definition) is 3. The van der Waals surface area contributed by atoms with Crippen LogP contribution in [0.4, 0.5) is 17.1 Å². The minimum atomic E-state index is -0.196. The minimum absolute atomic E-state index is 0.196. The lowest BCUT2D eigenvalue weighted by molar-refractivity contribution is 0.0937. The van der Waals surface area contributed by atoms with Gasteiger partial charge in [-0.2, -0.15) is 0 Å². The molecule has 7 heteroatoms. The van der Waals surface area contributed by atoms with Crippen LogP contribution in [0.25, 0.3) is 0 Å². The lowest BCUT2D eigenvalue weighted by Gasteiger charge is -2.12. The van der Waals surface area contributed by atoms with Gasteiger partial charge in [0.1, 0.15) is 5.75 Å². The zero-order valence-corrected chi connectivity index (χ0v) is 14.3. The normalized spacial score (nSPS) is 10.3. The molecule has 0 aromatic heterocycles. The van der Waals surface area contributed by atoms with Crippen molar-refractivity contribution in [2.75, 3.05) is 38.4 Å². The van der Waals surface area contributed by atoms with Crippen molar-refractivity contribution in [1.82, 2.24) is 5.32 Å². The highest BCUT2D eigenvalue weighted by Gasteiger charge is 2.09. The second-order valence-corrected chi connectivity index (χ2v) is 5.43. The van der Waals surface area contributed by atoms with Crippen molar-refractivity contribution in [3.63, 3.8) is 0 Å². The summed E-state index contributed by atoms with van der Waals surface area (Å²) < 4.78 is 10.0. The lowest BCUT2D eigenvalue weighted by atomic mass is 10.1. The summed E-state index contributed by atoms with van der Waals surface area (Å²) in [6.07, 6.45) is 0. The van der Waals surface area contributed by atoms with Crippen molar-refractivity contribution in [2.24, 2.45) is 0 Å². The van der Waals surface area contributed by atoms with Crippen LogP contribution in [0.3, 0.4) is 0 Å². The number of amides is 1. The molecule has 2 rings (SSSR count). The Morgan fingerprint density at radius 1 is 1.21 bits per heavy atom. The maximum absolute atomic E-state index is 12.0. The average Bonchev–Trinajstić information content (AvgIpc) is 2.57. The van der Waals surface area contributed by atoms with Crippen LogP contribution in [0.5, 0.6) is 5.75 Å². The van der Waals surface area contributed by atoms with E-state index < -0.39 is 0 Å². The summed E-state index contributed by atoms with van der Waals surface area (Å²) in [5.41, 5.74) is 8.43. The van der Waals surface area contributed by atoms with Gasteiger partial charge in [-0.15, -0.1) is 0 Å². The van der Waals surface area contributed by atoms with Gasteiger partial charge in [0, 0.05) is 24.9 Å². The van der Waals surface area contributed by atoms with Crippen LogP contribution in [-0.2, 0) is 4.74 Å². The van der Waals surface area contributed by atoms with Crippen molar-refractivity contribution < 1.29 is 14.3 Å². The highest BCUT2D eigenvalue weighted by Crippen LogP contribution is 2.30. The van der Waals surface area contributed by atoms with Gasteiger partial charge in [0.2, 0.25) is 0 Å². The Kier molecular flexibility index (Phi) is 6.28. The Bertz CT molecular complexity index is 722. The van der Waals surface area contributed by atoms with Gasteiger partial charge < -0.3 is 25.8 Å². The number of ether oxygens (including phenoxy) is 2. The molecule has 0 fully saturated rings. The fourth-order valence-corrected chi connectivity index (χ4v) is 2.34. The van der Waals surface area contributed by atoms with Gasteiger partial charge in [-0.05, 0) is 36.4 Å². The van der Waals surface area contributed by atoms with Crippen LogP contribution < -0.4 is 21.1 Å². The number of carbonyl (C=O) groups excluding carboxylic acids is 1. The Balaban J connectivity index is 2.09. The number of benzene rings is 2. The van der Waals surface area contributed by atoms with Gasteiger partial charge in [-0.3, -0.25) is 4.79 Å². The molecule has 0 saturated carbocycles. The molecule has 0 saturated heterocycles. The molecule has 2 aromatic rings. The van der Waals surface area contributed by atoms with Gasteiger partial charge in [0.25, 0.3) is 5.91 Å². The molecule has 0 heterocycles. The quantitative estimate of drug-likeness (QED) is 0.528. The van der Waals surface area contributed by atoms with Gasteiger partial charge in [0.05, 0.1) is 30.1 Å². The first kappa shape index (κ1) is 17.9.